The van der Waals surface area contributed by atoms with Crippen molar-refractivity contribution in [3.8, 4) is 0 Å². The Morgan fingerprint density at radius 1 is 1.47 bits per heavy atom. The topological polar surface area (TPSA) is 24.1 Å². The molecule has 2 N–H and O–H groups in total. The largest absolute Gasteiger partial charge is 0.385 e. The molecule has 0 aliphatic carbocycles. The molecule has 1 aromatic rings. The Labute approximate surface area is 109 Å². The Balaban J connectivity index is 1.79. The highest BCUT2D eigenvalue weighted by Crippen LogP contribution is 2.23. The quantitative estimate of drug-likeness (QED) is 0.858. The average molecular weight is 253 g/mol. The summed E-state index contributed by atoms with van der Waals surface area (Å²) in [6.45, 7) is 5.47. The second-order valence-corrected chi connectivity index (χ2v) is 5.25. The Morgan fingerprint density at radius 2 is 2.35 bits per heavy atom. The van der Waals surface area contributed by atoms with Gasteiger partial charge in [-0.2, -0.15) is 0 Å². The first-order chi connectivity index (χ1) is 8.27. The Hall–Kier alpha value is -0.730. The first-order valence-electron chi connectivity index (χ1n) is 6.47. The van der Waals surface area contributed by atoms with E-state index >= 15 is 0 Å². The Kier molecular flexibility index (Phi) is 4.69. The normalized spacial score (nSPS) is 20.2. The molecule has 1 atom stereocenters. The van der Waals surface area contributed by atoms with Gasteiger partial charge >= 0.3 is 0 Å². The summed E-state index contributed by atoms with van der Waals surface area (Å²) in [4.78, 5) is 0. The van der Waals surface area contributed by atoms with Crippen molar-refractivity contribution >= 4 is 17.3 Å². The molecule has 0 spiro atoms. The van der Waals surface area contributed by atoms with Gasteiger partial charge in [0.1, 0.15) is 0 Å². The highest BCUT2D eigenvalue weighted by Gasteiger charge is 2.12. The zero-order chi connectivity index (χ0) is 12.1. The number of piperidine rings is 1. The lowest BCUT2D eigenvalue weighted by molar-refractivity contribution is 0.364. The molecule has 0 bridgehead atoms. The van der Waals surface area contributed by atoms with Crippen LogP contribution < -0.4 is 10.6 Å². The number of hydrogen-bond donors (Lipinski definition) is 2. The van der Waals surface area contributed by atoms with Crippen LogP contribution in [0.25, 0.3) is 0 Å². The highest BCUT2D eigenvalue weighted by atomic mass is 35.5. The summed E-state index contributed by atoms with van der Waals surface area (Å²) in [5.41, 5.74) is 2.32. The van der Waals surface area contributed by atoms with Gasteiger partial charge in [0.2, 0.25) is 0 Å². The van der Waals surface area contributed by atoms with Crippen molar-refractivity contribution in [1.82, 2.24) is 5.32 Å². The van der Waals surface area contributed by atoms with E-state index in [-0.39, 0.29) is 0 Å². The maximum absolute atomic E-state index is 6.09. The number of halogens is 1. The lowest BCUT2D eigenvalue weighted by Gasteiger charge is -2.23. The van der Waals surface area contributed by atoms with Crippen LogP contribution in [0, 0.1) is 12.8 Å². The van der Waals surface area contributed by atoms with Crippen LogP contribution in [0.15, 0.2) is 18.2 Å². The van der Waals surface area contributed by atoms with E-state index in [1.807, 2.05) is 12.1 Å². The minimum atomic E-state index is 0.829. The molecule has 1 aliphatic heterocycles. The molecule has 94 valence electrons. The molecule has 1 saturated heterocycles. The fourth-order valence-corrected chi connectivity index (χ4v) is 2.55. The number of rotatable bonds is 4. The predicted octanol–water partition coefficient (Wildman–Crippen LogP) is 3.45. The van der Waals surface area contributed by atoms with E-state index in [0.29, 0.717) is 0 Å². The SMILES string of the molecule is Cc1c(Cl)cccc1NCCC1CCCNC1. The molecule has 0 amide bonds. The smallest absolute Gasteiger partial charge is 0.0455 e. The standard InChI is InChI=1S/C14H21ClN2/c1-11-13(15)5-2-6-14(11)17-9-7-12-4-3-8-16-10-12/h2,5-6,12,16-17H,3-4,7-10H2,1H3. The summed E-state index contributed by atoms with van der Waals surface area (Å²) in [7, 11) is 0. The van der Waals surface area contributed by atoms with Crippen molar-refractivity contribution in [2.24, 2.45) is 5.92 Å². The molecule has 2 nitrogen and oxygen atoms in total. The van der Waals surface area contributed by atoms with Gasteiger partial charge in [-0.25, -0.2) is 0 Å². The fourth-order valence-electron chi connectivity index (χ4n) is 2.38. The second kappa shape index (κ2) is 6.27. The van der Waals surface area contributed by atoms with Crippen molar-refractivity contribution in [2.75, 3.05) is 25.0 Å². The molecule has 0 radical (unpaired) electrons. The molecule has 17 heavy (non-hydrogen) atoms. The molecule has 3 heteroatoms. The van der Waals surface area contributed by atoms with E-state index in [1.165, 1.54) is 38.0 Å². The third-order valence-electron chi connectivity index (χ3n) is 3.53. The minimum Gasteiger partial charge on any atom is -0.385 e. The maximum Gasteiger partial charge on any atom is 0.0455 e. The monoisotopic (exact) mass is 252 g/mol. The minimum absolute atomic E-state index is 0.829. The van der Waals surface area contributed by atoms with E-state index in [0.717, 1.165) is 23.0 Å². The van der Waals surface area contributed by atoms with Crippen molar-refractivity contribution in [1.29, 1.82) is 0 Å². The molecule has 2 rings (SSSR count). The van der Waals surface area contributed by atoms with Crippen LogP contribution in [0.4, 0.5) is 5.69 Å². The average Bonchev–Trinajstić information content (AvgIpc) is 2.36. The zero-order valence-electron chi connectivity index (χ0n) is 10.4. The van der Waals surface area contributed by atoms with Crippen LogP contribution in [0.2, 0.25) is 5.02 Å². The van der Waals surface area contributed by atoms with Gasteiger partial charge in [-0.15, -0.1) is 0 Å². The molecule has 0 aromatic heterocycles. The molecule has 1 unspecified atom stereocenters. The van der Waals surface area contributed by atoms with E-state index in [2.05, 4.69) is 23.6 Å². The van der Waals surface area contributed by atoms with Gasteiger partial charge in [-0.1, -0.05) is 17.7 Å². The molecular formula is C14H21ClN2. The summed E-state index contributed by atoms with van der Waals surface area (Å²) in [5.74, 6) is 0.829. The number of anilines is 1. The van der Waals surface area contributed by atoms with Crippen LogP contribution in [-0.2, 0) is 0 Å². The van der Waals surface area contributed by atoms with Crippen molar-refractivity contribution in [3.05, 3.63) is 28.8 Å². The van der Waals surface area contributed by atoms with E-state index in [4.69, 9.17) is 11.6 Å². The van der Waals surface area contributed by atoms with Crippen LogP contribution >= 0.6 is 11.6 Å². The van der Waals surface area contributed by atoms with Gasteiger partial charge < -0.3 is 10.6 Å². The molecule has 1 fully saturated rings. The third kappa shape index (κ3) is 3.62. The van der Waals surface area contributed by atoms with Crippen LogP contribution in [0.1, 0.15) is 24.8 Å². The summed E-state index contributed by atoms with van der Waals surface area (Å²) >= 11 is 6.09. The molecule has 1 aliphatic rings. The second-order valence-electron chi connectivity index (χ2n) is 4.84. The molecule has 1 heterocycles. The number of hydrogen-bond acceptors (Lipinski definition) is 2. The third-order valence-corrected chi connectivity index (χ3v) is 3.94. The summed E-state index contributed by atoms with van der Waals surface area (Å²) in [5, 5.41) is 7.79. The van der Waals surface area contributed by atoms with Gasteiger partial charge in [0.05, 0.1) is 0 Å². The van der Waals surface area contributed by atoms with Crippen molar-refractivity contribution < 1.29 is 0 Å². The summed E-state index contributed by atoms with van der Waals surface area (Å²) in [6, 6.07) is 6.04. The number of benzene rings is 1. The van der Waals surface area contributed by atoms with E-state index < -0.39 is 0 Å². The number of nitrogens with one attached hydrogen (secondary N) is 2. The van der Waals surface area contributed by atoms with Gasteiger partial charge in [-0.3, -0.25) is 0 Å². The highest BCUT2D eigenvalue weighted by molar-refractivity contribution is 6.31. The fraction of sp³-hybridized carbons (Fsp3) is 0.571. The summed E-state index contributed by atoms with van der Waals surface area (Å²) < 4.78 is 0. The first-order valence-corrected chi connectivity index (χ1v) is 6.85. The Bertz CT molecular complexity index is 359. The molecule has 1 aromatic carbocycles. The maximum atomic E-state index is 6.09. The molecule has 0 saturated carbocycles. The zero-order valence-corrected chi connectivity index (χ0v) is 11.2. The molecular weight excluding hydrogens is 232 g/mol. The van der Waals surface area contributed by atoms with Crippen molar-refractivity contribution in [2.45, 2.75) is 26.2 Å². The van der Waals surface area contributed by atoms with Crippen LogP contribution in [0.5, 0.6) is 0 Å². The van der Waals surface area contributed by atoms with Gasteiger partial charge in [0, 0.05) is 17.3 Å². The van der Waals surface area contributed by atoms with Crippen LogP contribution in [-0.4, -0.2) is 19.6 Å². The summed E-state index contributed by atoms with van der Waals surface area (Å²) in [6.07, 6.45) is 3.92. The Morgan fingerprint density at radius 3 is 3.12 bits per heavy atom. The van der Waals surface area contributed by atoms with Crippen LogP contribution in [0.3, 0.4) is 0 Å². The van der Waals surface area contributed by atoms with Gasteiger partial charge in [0.15, 0.2) is 0 Å². The van der Waals surface area contributed by atoms with Crippen molar-refractivity contribution in [3.63, 3.8) is 0 Å². The predicted molar refractivity (Wildman–Crippen MR) is 74.9 cm³/mol. The van der Waals surface area contributed by atoms with E-state index in [9.17, 15) is 0 Å². The van der Waals surface area contributed by atoms with E-state index in [1.54, 1.807) is 0 Å². The lowest BCUT2D eigenvalue weighted by Crippen LogP contribution is -2.30. The van der Waals surface area contributed by atoms with Gasteiger partial charge in [0.25, 0.3) is 0 Å². The first kappa shape index (κ1) is 12.7. The van der Waals surface area contributed by atoms with Gasteiger partial charge in [-0.05, 0) is 62.9 Å². The lowest BCUT2D eigenvalue weighted by atomic mass is 9.96.